The van der Waals surface area contributed by atoms with Crippen molar-refractivity contribution in [2.24, 2.45) is 11.8 Å². The van der Waals surface area contributed by atoms with Gasteiger partial charge in [-0.3, -0.25) is 0 Å². The van der Waals surface area contributed by atoms with Gasteiger partial charge in [-0.1, -0.05) is 13.8 Å². The predicted octanol–water partition coefficient (Wildman–Crippen LogP) is 1.97. The largest absolute Gasteiger partial charge is 0.215 e. The summed E-state index contributed by atoms with van der Waals surface area (Å²) in [6, 6.07) is 0. The third-order valence-corrected chi connectivity index (χ3v) is 4.73. The Morgan fingerprint density at radius 3 is 2.53 bits per heavy atom. The maximum absolute atomic E-state index is 11.5. The topological polar surface area (TPSA) is 46.2 Å². The molecule has 90 valence electrons. The van der Waals surface area contributed by atoms with Crippen LogP contribution in [0.5, 0.6) is 0 Å². The maximum atomic E-state index is 11.5. The van der Waals surface area contributed by atoms with Gasteiger partial charge in [0.2, 0.25) is 10.0 Å². The second kappa shape index (κ2) is 5.51. The maximum Gasteiger partial charge on any atom is 0.211 e. The minimum Gasteiger partial charge on any atom is -0.215 e. The van der Waals surface area contributed by atoms with Crippen LogP contribution in [0.15, 0.2) is 0 Å². The molecule has 1 saturated carbocycles. The fourth-order valence-electron chi connectivity index (χ4n) is 1.94. The van der Waals surface area contributed by atoms with Gasteiger partial charge < -0.3 is 0 Å². The number of alkyl halides is 1. The molecule has 0 heterocycles. The van der Waals surface area contributed by atoms with Crippen molar-refractivity contribution in [3.63, 3.8) is 0 Å². The SMILES string of the molecule is CC(C)CS(=O)(=O)NCC1CCC(Cl)C1. The number of rotatable bonds is 5. The summed E-state index contributed by atoms with van der Waals surface area (Å²) in [4.78, 5) is 0. The zero-order chi connectivity index (χ0) is 11.5. The van der Waals surface area contributed by atoms with E-state index < -0.39 is 10.0 Å². The molecule has 2 unspecified atom stereocenters. The highest BCUT2D eigenvalue weighted by Crippen LogP contribution is 2.28. The first kappa shape index (κ1) is 13.3. The van der Waals surface area contributed by atoms with E-state index in [9.17, 15) is 8.42 Å². The Labute approximate surface area is 97.6 Å². The van der Waals surface area contributed by atoms with Crippen molar-refractivity contribution in [2.45, 2.75) is 38.5 Å². The summed E-state index contributed by atoms with van der Waals surface area (Å²) in [6.07, 6.45) is 2.99. The average Bonchev–Trinajstić information content (AvgIpc) is 2.46. The standard InChI is InChI=1S/C10H20ClNO2S/c1-8(2)7-15(13,14)12-6-9-3-4-10(11)5-9/h8-10,12H,3-7H2,1-2H3. The van der Waals surface area contributed by atoms with E-state index in [4.69, 9.17) is 11.6 Å². The third-order valence-electron chi connectivity index (χ3n) is 2.62. The molecule has 0 aliphatic heterocycles. The normalized spacial score (nSPS) is 27.5. The number of hydrogen-bond donors (Lipinski definition) is 1. The van der Waals surface area contributed by atoms with Gasteiger partial charge in [0.05, 0.1) is 5.75 Å². The average molecular weight is 254 g/mol. The molecule has 1 aliphatic carbocycles. The van der Waals surface area contributed by atoms with Crippen molar-refractivity contribution in [1.82, 2.24) is 4.72 Å². The summed E-state index contributed by atoms with van der Waals surface area (Å²) in [5.41, 5.74) is 0. The Balaban J connectivity index is 2.30. The van der Waals surface area contributed by atoms with E-state index in [1.54, 1.807) is 0 Å². The van der Waals surface area contributed by atoms with Crippen LogP contribution in [0.1, 0.15) is 33.1 Å². The van der Waals surface area contributed by atoms with E-state index in [2.05, 4.69) is 4.72 Å². The van der Waals surface area contributed by atoms with E-state index in [1.165, 1.54) is 0 Å². The summed E-state index contributed by atoms with van der Waals surface area (Å²) in [5, 5.41) is 0.240. The Hall–Kier alpha value is 0.200. The summed E-state index contributed by atoms with van der Waals surface area (Å²) in [6.45, 7) is 4.37. The monoisotopic (exact) mass is 253 g/mol. The summed E-state index contributed by atoms with van der Waals surface area (Å²) < 4.78 is 25.7. The molecule has 0 spiro atoms. The molecular formula is C10H20ClNO2S. The van der Waals surface area contributed by atoms with Crippen LogP contribution in [0, 0.1) is 11.8 Å². The number of hydrogen-bond acceptors (Lipinski definition) is 2. The van der Waals surface area contributed by atoms with Crippen LogP contribution in [0.25, 0.3) is 0 Å². The van der Waals surface area contributed by atoms with Gasteiger partial charge in [-0.15, -0.1) is 11.6 Å². The molecule has 0 radical (unpaired) electrons. The molecule has 5 heteroatoms. The van der Waals surface area contributed by atoms with Gasteiger partial charge >= 0.3 is 0 Å². The summed E-state index contributed by atoms with van der Waals surface area (Å²) in [5.74, 6) is 0.811. The van der Waals surface area contributed by atoms with Gasteiger partial charge in [0.1, 0.15) is 0 Å². The molecule has 0 aromatic carbocycles. The van der Waals surface area contributed by atoms with Crippen LogP contribution in [0.3, 0.4) is 0 Å². The molecule has 1 aliphatic rings. The predicted molar refractivity (Wildman–Crippen MR) is 63.6 cm³/mol. The second-order valence-electron chi connectivity index (χ2n) is 4.80. The van der Waals surface area contributed by atoms with Crippen LogP contribution in [0.2, 0.25) is 0 Å². The van der Waals surface area contributed by atoms with Crippen LogP contribution in [-0.4, -0.2) is 26.1 Å². The quantitative estimate of drug-likeness (QED) is 0.762. The van der Waals surface area contributed by atoms with Gasteiger partial charge in [-0.05, 0) is 31.1 Å². The molecule has 0 bridgehead atoms. The molecular weight excluding hydrogens is 234 g/mol. The van der Waals surface area contributed by atoms with Crippen LogP contribution >= 0.6 is 11.6 Å². The van der Waals surface area contributed by atoms with E-state index in [1.807, 2.05) is 13.8 Å². The van der Waals surface area contributed by atoms with Gasteiger partial charge in [-0.2, -0.15) is 0 Å². The number of halogens is 1. The van der Waals surface area contributed by atoms with Crippen molar-refractivity contribution in [3.05, 3.63) is 0 Å². The van der Waals surface area contributed by atoms with E-state index in [-0.39, 0.29) is 17.0 Å². The summed E-state index contributed by atoms with van der Waals surface area (Å²) in [7, 11) is -3.08. The van der Waals surface area contributed by atoms with Crippen molar-refractivity contribution in [2.75, 3.05) is 12.3 Å². The lowest BCUT2D eigenvalue weighted by atomic mass is 10.1. The zero-order valence-electron chi connectivity index (χ0n) is 9.37. The first-order valence-corrected chi connectivity index (χ1v) is 7.59. The molecule has 3 nitrogen and oxygen atoms in total. The molecule has 15 heavy (non-hydrogen) atoms. The minimum absolute atomic E-state index is 0.173. The highest BCUT2D eigenvalue weighted by molar-refractivity contribution is 7.89. The molecule has 0 aromatic rings. The van der Waals surface area contributed by atoms with Gasteiger partial charge in [0.25, 0.3) is 0 Å². The molecule has 2 atom stereocenters. The lowest BCUT2D eigenvalue weighted by molar-refractivity contribution is 0.515. The fraction of sp³-hybridized carbons (Fsp3) is 1.00. The number of sulfonamides is 1. The molecule has 1 N–H and O–H groups in total. The van der Waals surface area contributed by atoms with Crippen molar-refractivity contribution >= 4 is 21.6 Å². The zero-order valence-corrected chi connectivity index (χ0v) is 10.9. The highest BCUT2D eigenvalue weighted by atomic mass is 35.5. The Morgan fingerprint density at radius 1 is 1.40 bits per heavy atom. The van der Waals surface area contributed by atoms with Crippen molar-refractivity contribution in [1.29, 1.82) is 0 Å². The molecule has 0 aromatic heterocycles. The lowest BCUT2D eigenvalue weighted by Gasteiger charge is -2.12. The smallest absolute Gasteiger partial charge is 0.211 e. The highest BCUT2D eigenvalue weighted by Gasteiger charge is 2.24. The van der Waals surface area contributed by atoms with Gasteiger partial charge in [-0.25, -0.2) is 13.1 Å². The lowest BCUT2D eigenvalue weighted by Crippen LogP contribution is -2.32. The summed E-state index contributed by atoms with van der Waals surface area (Å²) >= 11 is 5.96. The van der Waals surface area contributed by atoms with E-state index >= 15 is 0 Å². The molecule has 0 amide bonds. The number of nitrogens with one attached hydrogen (secondary N) is 1. The molecule has 0 saturated heterocycles. The molecule has 1 rings (SSSR count). The second-order valence-corrected chi connectivity index (χ2v) is 7.27. The third kappa shape index (κ3) is 5.18. The first-order valence-electron chi connectivity index (χ1n) is 5.50. The van der Waals surface area contributed by atoms with E-state index in [0.29, 0.717) is 12.5 Å². The first-order chi connectivity index (χ1) is 6.89. The Morgan fingerprint density at radius 2 is 2.07 bits per heavy atom. The van der Waals surface area contributed by atoms with Crippen LogP contribution < -0.4 is 4.72 Å². The van der Waals surface area contributed by atoms with Crippen molar-refractivity contribution < 1.29 is 8.42 Å². The Bertz CT molecular complexity index is 290. The van der Waals surface area contributed by atoms with Gasteiger partial charge in [0.15, 0.2) is 0 Å². The minimum atomic E-state index is -3.08. The van der Waals surface area contributed by atoms with Gasteiger partial charge in [0, 0.05) is 11.9 Å². The van der Waals surface area contributed by atoms with Crippen LogP contribution in [-0.2, 0) is 10.0 Å². The molecule has 1 fully saturated rings. The van der Waals surface area contributed by atoms with Crippen LogP contribution in [0.4, 0.5) is 0 Å². The van der Waals surface area contributed by atoms with E-state index in [0.717, 1.165) is 19.3 Å². The Kier molecular flexibility index (Phi) is 4.87. The van der Waals surface area contributed by atoms with Crippen molar-refractivity contribution in [3.8, 4) is 0 Å². The fourth-order valence-corrected chi connectivity index (χ4v) is 3.81.